The molecule has 0 aliphatic heterocycles. The van der Waals surface area contributed by atoms with Gasteiger partial charge in [0.05, 0.1) is 5.88 Å². The van der Waals surface area contributed by atoms with Gasteiger partial charge in [0.15, 0.2) is 0 Å². The van der Waals surface area contributed by atoms with Crippen molar-refractivity contribution in [3.8, 4) is 0 Å². The lowest BCUT2D eigenvalue weighted by atomic mass is 10.4. The van der Waals surface area contributed by atoms with Gasteiger partial charge in [0.1, 0.15) is 0 Å². The molecule has 17 heavy (non-hydrogen) atoms. The molecule has 0 N–H and O–H groups in total. The summed E-state index contributed by atoms with van der Waals surface area (Å²) in [6.45, 7) is 0. The summed E-state index contributed by atoms with van der Waals surface area (Å²) < 4.78 is 110. The van der Waals surface area contributed by atoms with Gasteiger partial charge in [-0.25, -0.2) is 8.78 Å². The van der Waals surface area contributed by atoms with Crippen molar-refractivity contribution < 1.29 is 43.9 Å². The summed E-state index contributed by atoms with van der Waals surface area (Å²) in [7, 11) is 0. The molecule has 0 atom stereocenters. The van der Waals surface area contributed by atoms with Crippen molar-refractivity contribution in [1.29, 1.82) is 0 Å². The van der Waals surface area contributed by atoms with Gasteiger partial charge in [-0.1, -0.05) is 0 Å². The number of hydrogen-bond donors (Lipinski definition) is 0. The zero-order valence-electron chi connectivity index (χ0n) is 7.44. The molecule has 0 bridgehead atoms. The Morgan fingerprint density at radius 2 is 1.29 bits per heavy atom. The highest BCUT2D eigenvalue weighted by Gasteiger charge is 2.56. The van der Waals surface area contributed by atoms with Crippen molar-refractivity contribution in [1.82, 2.24) is 0 Å². The molecule has 0 heterocycles. The normalized spacial score (nSPS) is 12.0. The second kappa shape index (κ2) is 6.92. The van der Waals surface area contributed by atoms with Crippen molar-refractivity contribution in [3.63, 3.8) is 0 Å². The Hall–Kier alpha value is -0.670. The van der Waals surface area contributed by atoms with Crippen molar-refractivity contribution >= 4 is 11.6 Å². The van der Waals surface area contributed by atoms with Gasteiger partial charge in [-0.15, -0.1) is 11.6 Å². The van der Waals surface area contributed by atoms with Gasteiger partial charge in [-0.05, 0) is 0 Å². The monoisotopic (exact) mass is 300 g/mol. The summed E-state index contributed by atoms with van der Waals surface area (Å²) in [5, 5.41) is 0. The molecule has 0 unspecified atom stereocenters. The molecule has 0 saturated carbocycles. The standard InChI is InChI=1S/C3H2ClF5.C3HF5/c4-1-2(5,6)3(7,8)9;4-1(2(5)6)3(7)8/h1H2;2H. The minimum absolute atomic E-state index is 1.73. The van der Waals surface area contributed by atoms with Crippen LogP contribution in [0.5, 0.6) is 0 Å². The third kappa shape index (κ3) is 7.29. The maximum Gasteiger partial charge on any atom is 0.454 e. The lowest BCUT2D eigenvalue weighted by molar-refractivity contribution is -0.271. The molecule has 0 nitrogen and oxygen atoms in total. The highest BCUT2D eigenvalue weighted by molar-refractivity contribution is 6.18. The van der Waals surface area contributed by atoms with Gasteiger partial charge in [0, 0.05) is 0 Å². The quantitative estimate of drug-likeness (QED) is 0.510. The molecular weight excluding hydrogens is 297 g/mol. The van der Waals surface area contributed by atoms with Crippen LogP contribution in [0.1, 0.15) is 0 Å². The van der Waals surface area contributed by atoms with Crippen molar-refractivity contribution in [2.75, 3.05) is 5.88 Å². The summed E-state index contributed by atoms with van der Waals surface area (Å²) in [6, 6.07) is 0. The summed E-state index contributed by atoms with van der Waals surface area (Å²) in [5.74, 6) is -9.13. The molecule has 0 radical (unpaired) electrons. The molecule has 0 amide bonds. The van der Waals surface area contributed by atoms with E-state index in [9.17, 15) is 43.9 Å². The van der Waals surface area contributed by atoms with Gasteiger partial charge in [0.25, 0.3) is 6.43 Å². The molecule has 11 heteroatoms. The molecule has 0 fully saturated rings. The van der Waals surface area contributed by atoms with E-state index in [0.717, 1.165) is 0 Å². The number of alkyl halides is 8. The van der Waals surface area contributed by atoms with Crippen LogP contribution in [0.15, 0.2) is 11.9 Å². The van der Waals surface area contributed by atoms with Crippen LogP contribution >= 0.6 is 11.6 Å². The summed E-state index contributed by atoms with van der Waals surface area (Å²) in [6.07, 6.45) is -12.2. The Morgan fingerprint density at radius 1 is 0.941 bits per heavy atom. The maximum absolute atomic E-state index is 11.4. The van der Waals surface area contributed by atoms with Gasteiger partial charge in [-0.3, -0.25) is 0 Å². The van der Waals surface area contributed by atoms with E-state index < -0.39 is 36.3 Å². The van der Waals surface area contributed by atoms with E-state index >= 15 is 0 Å². The van der Waals surface area contributed by atoms with E-state index in [1.54, 1.807) is 0 Å². The predicted molar refractivity (Wildman–Crippen MR) is 38.1 cm³/mol. The van der Waals surface area contributed by atoms with E-state index in [1.807, 2.05) is 0 Å². The lowest BCUT2D eigenvalue weighted by Gasteiger charge is -2.15. The second-order valence-corrected chi connectivity index (χ2v) is 2.51. The first-order valence-electron chi connectivity index (χ1n) is 3.36. The molecule has 104 valence electrons. The van der Waals surface area contributed by atoms with Crippen LogP contribution in [0.3, 0.4) is 0 Å². The average molecular weight is 301 g/mol. The Balaban J connectivity index is 0. The average Bonchev–Trinajstić information content (AvgIpc) is 2.15. The first-order valence-corrected chi connectivity index (χ1v) is 3.89. The Kier molecular flexibility index (Phi) is 7.61. The third-order valence-corrected chi connectivity index (χ3v) is 1.29. The van der Waals surface area contributed by atoms with Crippen LogP contribution in [0.25, 0.3) is 0 Å². The zero-order chi connectivity index (χ0) is 14.4. The molecule has 0 aliphatic rings. The van der Waals surface area contributed by atoms with Gasteiger partial charge >= 0.3 is 18.2 Å². The minimum atomic E-state index is -5.52. The summed E-state index contributed by atoms with van der Waals surface area (Å²) >= 11 is 4.31. The Labute approximate surface area is 92.8 Å². The Morgan fingerprint density at radius 3 is 1.29 bits per heavy atom. The summed E-state index contributed by atoms with van der Waals surface area (Å²) in [4.78, 5) is 0. The zero-order valence-corrected chi connectivity index (χ0v) is 8.20. The van der Waals surface area contributed by atoms with E-state index in [1.165, 1.54) is 0 Å². The number of hydrogen-bond acceptors (Lipinski definition) is 0. The predicted octanol–water partition coefficient (Wildman–Crippen LogP) is 4.75. The SMILES string of the molecule is FC(F)(F)C(F)(F)CCl.FC(F)=C(F)C(F)F. The number of allylic oxidation sites excluding steroid dienone is 1. The van der Waals surface area contributed by atoms with Gasteiger partial charge < -0.3 is 0 Å². The van der Waals surface area contributed by atoms with Crippen LogP contribution in [0.4, 0.5) is 43.9 Å². The number of halogens is 11. The smallest absolute Gasteiger partial charge is 0.202 e. The maximum atomic E-state index is 11.4. The van der Waals surface area contributed by atoms with E-state index in [4.69, 9.17) is 0 Å². The van der Waals surface area contributed by atoms with E-state index in [2.05, 4.69) is 11.6 Å². The largest absolute Gasteiger partial charge is 0.454 e. The molecule has 0 rings (SSSR count). The topological polar surface area (TPSA) is 0 Å². The first kappa shape index (κ1) is 18.7. The Bertz CT molecular complexity index is 250. The van der Waals surface area contributed by atoms with Crippen LogP contribution in [0.2, 0.25) is 0 Å². The first-order chi connectivity index (χ1) is 7.36. The fraction of sp³-hybridized carbons (Fsp3) is 0.667. The van der Waals surface area contributed by atoms with Crippen molar-refractivity contribution in [2.45, 2.75) is 18.5 Å². The molecule has 0 spiro atoms. The van der Waals surface area contributed by atoms with Crippen LogP contribution in [0, 0.1) is 0 Å². The van der Waals surface area contributed by atoms with Gasteiger partial charge in [0.2, 0.25) is 5.83 Å². The summed E-state index contributed by atoms with van der Waals surface area (Å²) in [5.41, 5.74) is 0. The third-order valence-electron chi connectivity index (χ3n) is 0.955. The number of rotatable bonds is 2. The molecule has 0 saturated heterocycles. The van der Waals surface area contributed by atoms with Crippen LogP contribution < -0.4 is 0 Å². The molecule has 0 aromatic rings. The van der Waals surface area contributed by atoms with Crippen molar-refractivity contribution in [2.24, 2.45) is 0 Å². The van der Waals surface area contributed by atoms with E-state index in [-0.39, 0.29) is 0 Å². The fourth-order valence-electron chi connectivity index (χ4n) is 0.158. The highest BCUT2D eigenvalue weighted by Crippen LogP contribution is 2.35. The second-order valence-electron chi connectivity index (χ2n) is 2.24. The van der Waals surface area contributed by atoms with E-state index in [0.29, 0.717) is 0 Å². The lowest BCUT2D eigenvalue weighted by Crippen LogP contribution is -2.37. The minimum Gasteiger partial charge on any atom is -0.202 e. The molecule has 0 aromatic carbocycles. The van der Waals surface area contributed by atoms with Crippen LogP contribution in [-0.2, 0) is 0 Å². The van der Waals surface area contributed by atoms with Gasteiger partial charge in [-0.2, -0.15) is 35.1 Å². The highest BCUT2D eigenvalue weighted by atomic mass is 35.5. The molecule has 0 aliphatic carbocycles. The molecule has 0 aromatic heterocycles. The fourth-order valence-corrected chi connectivity index (χ4v) is 0.310. The molecular formula is C6H3ClF10. The van der Waals surface area contributed by atoms with Crippen molar-refractivity contribution in [3.05, 3.63) is 11.9 Å². The van der Waals surface area contributed by atoms with Crippen LogP contribution in [-0.4, -0.2) is 24.4 Å².